The number of nitrogens with one attached hydrogen (secondary N) is 2. The van der Waals surface area contributed by atoms with Crippen molar-refractivity contribution in [3.05, 3.63) is 42.5 Å². The quantitative estimate of drug-likeness (QED) is 0.591. The van der Waals surface area contributed by atoms with E-state index in [1.807, 2.05) is 45.0 Å². The smallest absolute Gasteiger partial charge is 0.246 e. The maximum Gasteiger partial charge on any atom is 0.246 e. The minimum absolute atomic E-state index is 0.0489. The van der Waals surface area contributed by atoms with Crippen LogP contribution in [0.1, 0.15) is 20.8 Å². The van der Waals surface area contributed by atoms with Gasteiger partial charge < -0.3 is 15.5 Å². The molecule has 1 aliphatic rings. The molecule has 2 aromatic rings. The van der Waals surface area contributed by atoms with Crippen molar-refractivity contribution in [3.63, 3.8) is 0 Å². The van der Waals surface area contributed by atoms with Crippen molar-refractivity contribution in [2.24, 2.45) is 0 Å². The number of fused-ring (bicyclic) bond motifs is 1. The number of benzene rings is 2. The van der Waals surface area contributed by atoms with E-state index in [-0.39, 0.29) is 17.3 Å². The monoisotopic (exact) mass is 462 g/mol. The Labute approximate surface area is 189 Å². The van der Waals surface area contributed by atoms with Gasteiger partial charge in [0, 0.05) is 36.8 Å². The van der Waals surface area contributed by atoms with Crippen LogP contribution in [0.3, 0.4) is 0 Å². The number of para-hydroxylation sites is 1. The molecule has 2 aromatic carbocycles. The van der Waals surface area contributed by atoms with Gasteiger partial charge in [-0.3, -0.25) is 4.79 Å². The first-order chi connectivity index (χ1) is 14.9. The van der Waals surface area contributed by atoms with E-state index in [1.165, 1.54) is 4.31 Å². The fourth-order valence-corrected chi connectivity index (χ4v) is 6.06. The van der Waals surface area contributed by atoms with Crippen LogP contribution in [0.25, 0.3) is 0 Å². The molecule has 3 rings (SSSR count). The van der Waals surface area contributed by atoms with Gasteiger partial charge in [0.05, 0.1) is 28.5 Å². The van der Waals surface area contributed by atoms with Gasteiger partial charge in [-0.25, -0.2) is 8.42 Å². The van der Waals surface area contributed by atoms with E-state index in [0.717, 1.165) is 22.0 Å². The van der Waals surface area contributed by atoms with Crippen LogP contribution in [0, 0.1) is 0 Å². The molecule has 1 aliphatic heterocycles. The minimum atomic E-state index is -3.59. The van der Waals surface area contributed by atoms with E-state index in [0.29, 0.717) is 31.9 Å². The summed E-state index contributed by atoms with van der Waals surface area (Å²) in [4.78, 5) is 16.1. The second-order valence-corrected chi connectivity index (χ2v) is 10.1. The zero-order valence-electron chi connectivity index (χ0n) is 18.2. The minimum Gasteiger partial charge on any atom is -0.384 e. The Morgan fingerprint density at radius 3 is 2.52 bits per heavy atom. The van der Waals surface area contributed by atoms with E-state index in [2.05, 4.69) is 10.6 Å². The number of hydrogen-bond acceptors (Lipinski definition) is 6. The first-order valence-electron chi connectivity index (χ1n) is 10.6. The van der Waals surface area contributed by atoms with Gasteiger partial charge in [0.2, 0.25) is 15.9 Å². The predicted octanol–water partition coefficient (Wildman–Crippen LogP) is 3.70. The number of carbonyl (C=O) groups is 1. The van der Waals surface area contributed by atoms with Gasteiger partial charge in [0.15, 0.2) is 0 Å². The normalized spacial score (nSPS) is 13.7. The fraction of sp³-hybridized carbons (Fsp3) is 0.409. The number of carbonyl (C=O) groups excluding carboxylic acids is 1. The van der Waals surface area contributed by atoms with Crippen LogP contribution < -0.4 is 15.5 Å². The van der Waals surface area contributed by atoms with Crippen LogP contribution in [0.4, 0.5) is 17.1 Å². The SMILES string of the molecule is CCNc1ccc(S(=O)(=O)N(CC)CC)cc1NCC(=O)N1CCSc2ccccc21. The number of rotatable bonds is 9. The Hall–Kier alpha value is -2.23. The lowest BCUT2D eigenvalue weighted by atomic mass is 10.2. The Morgan fingerprint density at radius 2 is 1.81 bits per heavy atom. The third-order valence-electron chi connectivity index (χ3n) is 5.16. The summed E-state index contributed by atoms with van der Waals surface area (Å²) in [6.07, 6.45) is 0. The number of hydrogen-bond donors (Lipinski definition) is 2. The number of nitrogens with zero attached hydrogens (tertiary/aromatic N) is 2. The fourth-order valence-electron chi connectivity index (χ4n) is 3.58. The van der Waals surface area contributed by atoms with Gasteiger partial charge in [0.25, 0.3) is 0 Å². The van der Waals surface area contributed by atoms with Gasteiger partial charge in [-0.2, -0.15) is 4.31 Å². The van der Waals surface area contributed by atoms with Crippen molar-refractivity contribution in [2.75, 3.05) is 54.0 Å². The van der Waals surface area contributed by atoms with E-state index in [9.17, 15) is 13.2 Å². The highest BCUT2D eigenvalue weighted by molar-refractivity contribution is 7.99. The van der Waals surface area contributed by atoms with Gasteiger partial charge in [-0.15, -0.1) is 11.8 Å². The van der Waals surface area contributed by atoms with Gasteiger partial charge in [-0.1, -0.05) is 26.0 Å². The second kappa shape index (κ2) is 10.4. The summed E-state index contributed by atoms with van der Waals surface area (Å²) >= 11 is 1.75. The molecular weight excluding hydrogens is 432 g/mol. The summed E-state index contributed by atoms with van der Waals surface area (Å²) in [6.45, 7) is 7.83. The third kappa shape index (κ3) is 5.16. The van der Waals surface area contributed by atoms with Crippen molar-refractivity contribution in [2.45, 2.75) is 30.6 Å². The number of thioether (sulfide) groups is 1. The Morgan fingerprint density at radius 1 is 1.06 bits per heavy atom. The maximum absolute atomic E-state index is 13.0. The van der Waals surface area contributed by atoms with Crippen LogP contribution in [0.5, 0.6) is 0 Å². The molecular formula is C22H30N4O3S2. The van der Waals surface area contributed by atoms with Crippen molar-refractivity contribution >= 4 is 44.8 Å². The molecule has 1 heterocycles. The first kappa shape index (κ1) is 23.4. The van der Waals surface area contributed by atoms with E-state index < -0.39 is 10.0 Å². The molecule has 0 aromatic heterocycles. The first-order valence-corrected chi connectivity index (χ1v) is 13.0. The predicted molar refractivity (Wildman–Crippen MR) is 129 cm³/mol. The maximum atomic E-state index is 13.0. The van der Waals surface area contributed by atoms with E-state index >= 15 is 0 Å². The third-order valence-corrected chi connectivity index (χ3v) is 8.25. The molecule has 7 nitrogen and oxygen atoms in total. The van der Waals surface area contributed by atoms with Crippen molar-refractivity contribution in [1.82, 2.24) is 4.31 Å². The molecule has 0 saturated carbocycles. The molecule has 1 amide bonds. The molecule has 0 saturated heterocycles. The number of anilines is 3. The zero-order chi connectivity index (χ0) is 22.4. The largest absolute Gasteiger partial charge is 0.384 e. The Kier molecular flexibility index (Phi) is 7.85. The Balaban J connectivity index is 1.83. The lowest BCUT2D eigenvalue weighted by Crippen LogP contribution is -2.39. The Bertz CT molecular complexity index is 1020. The number of amides is 1. The summed E-state index contributed by atoms with van der Waals surface area (Å²) in [5, 5.41) is 6.40. The molecule has 0 spiro atoms. The molecule has 31 heavy (non-hydrogen) atoms. The number of sulfonamides is 1. The summed E-state index contributed by atoms with van der Waals surface area (Å²) in [6, 6.07) is 12.9. The van der Waals surface area contributed by atoms with E-state index in [1.54, 1.807) is 34.9 Å². The van der Waals surface area contributed by atoms with Crippen LogP contribution in [0.15, 0.2) is 52.3 Å². The molecule has 0 unspecified atom stereocenters. The second-order valence-electron chi connectivity index (χ2n) is 7.04. The summed E-state index contributed by atoms with van der Waals surface area (Å²) in [7, 11) is -3.59. The molecule has 9 heteroatoms. The summed E-state index contributed by atoms with van der Waals surface area (Å²) in [5.74, 6) is 0.801. The average Bonchev–Trinajstić information content (AvgIpc) is 2.78. The summed E-state index contributed by atoms with van der Waals surface area (Å²) < 4.78 is 27.3. The van der Waals surface area contributed by atoms with Crippen LogP contribution in [-0.4, -0.2) is 57.1 Å². The standard InChI is InChI=1S/C22H30N4O3S2/c1-4-23-18-12-11-17(31(28,29)25(5-2)6-3)15-19(18)24-16-22(27)26-13-14-30-21-10-8-7-9-20(21)26/h7-12,15,23-24H,4-6,13-14,16H2,1-3H3. The van der Waals surface area contributed by atoms with Crippen molar-refractivity contribution in [3.8, 4) is 0 Å². The van der Waals surface area contributed by atoms with Gasteiger partial charge in [0.1, 0.15) is 0 Å². The molecule has 2 N–H and O–H groups in total. The van der Waals surface area contributed by atoms with Crippen LogP contribution in [-0.2, 0) is 14.8 Å². The molecule has 0 atom stereocenters. The highest BCUT2D eigenvalue weighted by Gasteiger charge is 2.24. The molecule has 0 aliphatic carbocycles. The summed E-state index contributed by atoms with van der Waals surface area (Å²) in [5.41, 5.74) is 2.29. The molecule has 168 valence electrons. The average molecular weight is 463 g/mol. The van der Waals surface area contributed by atoms with Crippen LogP contribution >= 0.6 is 11.8 Å². The topological polar surface area (TPSA) is 81.8 Å². The van der Waals surface area contributed by atoms with Crippen molar-refractivity contribution in [1.29, 1.82) is 0 Å². The van der Waals surface area contributed by atoms with Crippen molar-refractivity contribution < 1.29 is 13.2 Å². The lowest BCUT2D eigenvalue weighted by molar-refractivity contribution is -0.117. The van der Waals surface area contributed by atoms with Crippen LogP contribution in [0.2, 0.25) is 0 Å². The zero-order valence-corrected chi connectivity index (χ0v) is 19.9. The van der Waals surface area contributed by atoms with Gasteiger partial charge in [-0.05, 0) is 37.3 Å². The highest BCUT2D eigenvalue weighted by atomic mass is 32.2. The molecule has 0 radical (unpaired) electrons. The van der Waals surface area contributed by atoms with Gasteiger partial charge >= 0.3 is 0 Å². The van der Waals surface area contributed by atoms with E-state index in [4.69, 9.17) is 0 Å². The molecule has 0 fully saturated rings. The molecule has 0 bridgehead atoms. The lowest BCUT2D eigenvalue weighted by Gasteiger charge is -2.29. The highest BCUT2D eigenvalue weighted by Crippen LogP contribution is 2.34.